The van der Waals surface area contributed by atoms with Crippen molar-refractivity contribution >= 4 is 11.6 Å². The highest BCUT2D eigenvalue weighted by atomic mass is 16.6. The standard InChI is InChI=1S/C16H14N2O3/c19-16(12-5-3-6-13(10-12)18(20)21)17-15-9-8-11-4-1-2-7-14(11)15/h1-7,10,15H,8-9H2,(H,17,19)/t15-/m1/s1. The van der Waals surface area contributed by atoms with Crippen LogP contribution in [0.3, 0.4) is 0 Å². The number of nitro groups is 1. The fourth-order valence-electron chi connectivity index (χ4n) is 2.71. The Labute approximate surface area is 121 Å². The van der Waals surface area contributed by atoms with Gasteiger partial charge in [-0.2, -0.15) is 0 Å². The highest BCUT2D eigenvalue weighted by Crippen LogP contribution is 2.31. The number of hydrogen-bond donors (Lipinski definition) is 1. The van der Waals surface area contributed by atoms with Gasteiger partial charge >= 0.3 is 0 Å². The summed E-state index contributed by atoms with van der Waals surface area (Å²) in [6.45, 7) is 0. The van der Waals surface area contributed by atoms with E-state index >= 15 is 0 Å². The fourth-order valence-corrected chi connectivity index (χ4v) is 2.71. The lowest BCUT2D eigenvalue weighted by Crippen LogP contribution is -2.27. The van der Waals surface area contributed by atoms with Crippen LogP contribution in [0.4, 0.5) is 5.69 Å². The average Bonchev–Trinajstić information content (AvgIpc) is 2.91. The molecule has 0 saturated carbocycles. The summed E-state index contributed by atoms with van der Waals surface area (Å²) in [5.41, 5.74) is 2.63. The molecule has 2 aromatic rings. The molecule has 1 aliphatic carbocycles. The van der Waals surface area contributed by atoms with Crippen LogP contribution >= 0.6 is 0 Å². The molecule has 2 aromatic carbocycles. The Bertz CT molecular complexity index is 712. The second kappa shape index (κ2) is 5.36. The third-order valence-electron chi connectivity index (χ3n) is 3.76. The number of nitrogens with one attached hydrogen (secondary N) is 1. The van der Waals surface area contributed by atoms with Gasteiger partial charge in [-0.25, -0.2) is 0 Å². The van der Waals surface area contributed by atoms with Gasteiger partial charge in [0.15, 0.2) is 0 Å². The Morgan fingerprint density at radius 2 is 2.00 bits per heavy atom. The molecule has 1 amide bonds. The molecule has 0 radical (unpaired) electrons. The highest BCUT2D eigenvalue weighted by molar-refractivity contribution is 5.95. The molecule has 0 saturated heterocycles. The second-order valence-corrected chi connectivity index (χ2v) is 5.07. The fraction of sp³-hybridized carbons (Fsp3) is 0.188. The van der Waals surface area contributed by atoms with E-state index in [1.165, 1.54) is 23.8 Å². The maximum absolute atomic E-state index is 12.3. The average molecular weight is 282 g/mol. The summed E-state index contributed by atoms with van der Waals surface area (Å²) in [4.78, 5) is 22.5. The summed E-state index contributed by atoms with van der Waals surface area (Å²) in [6.07, 6.45) is 1.80. The predicted molar refractivity (Wildman–Crippen MR) is 78.1 cm³/mol. The first-order chi connectivity index (χ1) is 10.1. The van der Waals surface area contributed by atoms with Crippen molar-refractivity contribution in [2.45, 2.75) is 18.9 Å². The summed E-state index contributed by atoms with van der Waals surface area (Å²) < 4.78 is 0. The van der Waals surface area contributed by atoms with Gasteiger partial charge in [0, 0.05) is 17.7 Å². The number of nitrogens with zero attached hydrogens (tertiary/aromatic N) is 1. The van der Waals surface area contributed by atoms with E-state index in [0.717, 1.165) is 18.4 Å². The Morgan fingerprint density at radius 3 is 2.81 bits per heavy atom. The molecular formula is C16H14N2O3. The molecule has 0 aliphatic heterocycles. The number of rotatable bonds is 3. The number of aryl methyl sites for hydroxylation is 1. The van der Waals surface area contributed by atoms with E-state index in [2.05, 4.69) is 11.4 Å². The largest absolute Gasteiger partial charge is 0.345 e. The van der Waals surface area contributed by atoms with Crippen molar-refractivity contribution in [2.75, 3.05) is 0 Å². The molecule has 0 aromatic heterocycles. The highest BCUT2D eigenvalue weighted by Gasteiger charge is 2.24. The summed E-state index contributed by atoms with van der Waals surface area (Å²) in [6, 6.07) is 13.8. The van der Waals surface area contributed by atoms with Gasteiger partial charge in [-0.15, -0.1) is 0 Å². The molecule has 1 atom stereocenters. The van der Waals surface area contributed by atoms with Crippen molar-refractivity contribution < 1.29 is 9.72 Å². The summed E-state index contributed by atoms with van der Waals surface area (Å²) >= 11 is 0. The van der Waals surface area contributed by atoms with Crippen molar-refractivity contribution in [1.29, 1.82) is 0 Å². The monoisotopic (exact) mass is 282 g/mol. The van der Waals surface area contributed by atoms with E-state index in [1.807, 2.05) is 18.2 Å². The van der Waals surface area contributed by atoms with E-state index in [4.69, 9.17) is 0 Å². The number of non-ortho nitro benzene ring substituents is 1. The number of hydrogen-bond acceptors (Lipinski definition) is 3. The van der Waals surface area contributed by atoms with Crippen LogP contribution in [-0.2, 0) is 6.42 Å². The lowest BCUT2D eigenvalue weighted by molar-refractivity contribution is -0.384. The second-order valence-electron chi connectivity index (χ2n) is 5.07. The van der Waals surface area contributed by atoms with E-state index in [1.54, 1.807) is 6.07 Å². The Balaban J connectivity index is 1.79. The van der Waals surface area contributed by atoms with E-state index in [0.29, 0.717) is 5.56 Å². The van der Waals surface area contributed by atoms with Crippen molar-refractivity contribution in [3.63, 3.8) is 0 Å². The molecule has 0 heterocycles. The Kier molecular flexibility index (Phi) is 3.39. The van der Waals surface area contributed by atoms with Crippen LogP contribution in [0.25, 0.3) is 0 Å². The molecule has 1 aliphatic rings. The van der Waals surface area contributed by atoms with Crippen molar-refractivity contribution in [3.8, 4) is 0 Å². The predicted octanol–water partition coefficient (Wildman–Crippen LogP) is 3.01. The maximum Gasteiger partial charge on any atom is 0.270 e. The number of fused-ring (bicyclic) bond motifs is 1. The van der Waals surface area contributed by atoms with Crippen LogP contribution in [0.15, 0.2) is 48.5 Å². The Morgan fingerprint density at radius 1 is 1.19 bits per heavy atom. The van der Waals surface area contributed by atoms with Gasteiger partial charge in [0.05, 0.1) is 11.0 Å². The summed E-state index contributed by atoms with van der Waals surface area (Å²) in [5.74, 6) is -0.277. The van der Waals surface area contributed by atoms with Crippen molar-refractivity contribution in [3.05, 3.63) is 75.3 Å². The molecule has 0 bridgehead atoms. The van der Waals surface area contributed by atoms with Gasteiger partial charge in [-0.05, 0) is 30.0 Å². The molecule has 0 fully saturated rings. The van der Waals surface area contributed by atoms with Crippen LogP contribution in [0, 0.1) is 10.1 Å². The number of amides is 1. The molecule has 5 heteroatoms. The van der Waals surface area contributed by atoms with Gasteiger partial charge in [-0.3, -0.25) is 14.9 Å². The zero-order valence-corrected chi connectivity index (χ0v) is 11.3. The van der Waals surface area contributed by atoms with Gasteiger partial charge in [-0.1, -0.05) is 30.3 Å². The topological polar surface area (TPSA) is 72.2 Å². The summed E-state index contributed by atoms with van der Waals surface area (Å²) in [5, 5.41) is 13.7. The third-order valence-corrected chi connectivity index (χ3v) is 3.76. The van der Waals surface area contributed by atoms with E-state index in [-0.39, 0.29) is 17.6 Å². The molecule has 1 N–H and O–H groups in total. The number of carbonyl (C=O) groups excluding carboxylic acids is 1. The molecule has 106 valence electrons. The van der Waals surface area contributed by atoms with E-state index < -0.39 is 4.92 Å². The smallest absolute Gasteiger partial charge is 0.270 e. The third kappa shape index (κ3) is 2.63. The minimum absolute atomic E-state index is 0.0204. The first-order valence-corrected chi connectivity index (χ1v) is 6.78. The lowest BCUT2D eigenvalue weighted by Gasteiger charge is -2.14. The molecule has 21 heavy (non-hydrogen) atoms. The SMILES string of the molecule is O=C(N[C@@H]1CCc2ccccc21)c1cccc([N+](=O)[O-])c1. The van der Waals surface area contributed by atoms with Crippen molar-refractivity contribution in [1.82, 2.24) is 5.32 Å². The van der Waals surface area contributed by atoms with Gasteiger partial charge in [0.2, 0.25) is 0 Å². The molecule has 0 spiro atoms. The van der Waals surface area contributed by atoms with Crippen molar-refractivity contribution in [2.24, 2.45) is 0 Å². The van der Waals surface area contributed by atoms with Crippen LogP contribution < -0.4 is 5.32 Å². The Hall–Kier alpha value is -2.69. The first-order valence-electron chi connectivity index (χ1n) is 6.78. The number of carbonyl (C=O) groups is 1. The maximum atomic E-state index is 12.3. The number of benzene rings is 2. The zero-order valence-electron chi connectivity index (χ0n) is 11.3. The lowest BCUT2D eigenvalue weighted by atomic mass is 10.1. The van der Waals surface area contributed by atoms with Gasteiger partial charge < -0.3 is 5.32 Å². The molecule has 3 rings (SSSR count). The van der Waals surface area contributed by atoms with Crippen LogP contribution in [0.1, 0.15) is 33.9 Å². The minimum Gasteiger partial charge on any atom is -0.345 e. The summed E-state index contributed by atoms with van der Waals surface area (Å²) in [7, 11) is 0. The van der Waals surface area contributed by atoms with E-state index in [9.17, 15) is 14.9 Å². The number of nitro benzene ring substituents is 1. The molecule has 5 nitrogen and oxygen atoms in total. The zero-order chi connectivity index (χ0) is 14.8. The minimum atomic E-state index is -0.498. The quantitative estimate of drug-likeness (QED) is 0.694. The van der Waals surface area contributed by atoms with Gasteiger partial charge in [0.1, 0.15) is 0 Å². The first kappa shape index (κ1) is 13.3. The van der Waals surface area contributed by atoms with Gasteiger partial charge in [0.25, 0.3) is 11.6 Å². The van der Waals surface area contributed by atoms with Crippen LogP contribution in [-0.4, -0.2) is 10.8 Å². The molecular weight excluding hydrogens is 268 g/mol. The molecule has 0 unspecified atom stereocenters. The normalized spacial score (nSPS) is 16.3. The van der Waals surface area contributed by atoms with Crippen LogP contribution in [0.2, 0.25) is 0 Å². The van der Waals surface area contributed by atoms with Crippen LogP contribution in [0.5, 0.6) is 0 Å².